The van der Waals surface area contributed by atoms with Crippen LogP contribution >= 0.6 is 11.8 Å². The van der Waals surface area contributed by atoms with Gasteiger partial charge < -0.3 is 122 Å². The fourth-order valence-electron chi connectivity index (χ4n) is 10.5. The second-order valence-corrected chi connectivity index (χ2v) is 26.2. The Morgan fingerprint density at radius 2 is 0.887 bits per heavy atom. The van der Waals surface area contributed by atoms with Gasteiger partial charge in [-0.1, -0.05) is 50.6 Å². The Hall–Kier alpha value is -10.6. The molecule has 0 bridgehead atoms. The number of thioether (sulfide) groups is 1. The number of benzene rings is 2. The number of carbonyl (C=O) groups is 16. The number of phenols is 1. The third kappa shape index (κ3) is 31.0. The van der Waals surface area contributed by atoms with Crippen LogP contribution in [0.4, 0.5) is 0 Å². The maximum Gasteiger partial charge on any atom is 0.326 e. The number of hydrogen-bond donors (Lipinski definition) is 23. The van der Waals surface area contributed by atoms with E-state index in [1.165, 1.54) is 49.9 Å². The van der Waals surface area contributed by atoms with Crippen molar-refractivity contribution in [2.24, 2.45) is 28.9 Å². The highest BCUT2D eigenvalue weighted by atomic mass is 32.2. The minimum Gasteiger partial charge on any atom is -0.508 e. The van der Waals surface area contributed by atoms with Gasteiger partial charge in [0.25, 0.3) is 0 Å². The Morgan fingerprint density at radius 1 is 0.472 bits per heavy atom. The van der Waals surface area contributed by atoms with Gasteiger partial charge in [-0.05, 0) is 112 Å². The number of rotatable bonds is 50. The van der Waals surface area contributed by atoms with Crippen LogP contribution in [-0.4, -0.2) is 246 Å². The number of carbonyl (C=O) groups excluding carboxylic acids is 12. The summed E-state index contributed by atoms with van der Waals surface area (Å²) in [5.74, 6) is -21.6. The van der Waals surface area contributed by atoms with Crippen LogP contribution in [0.5, 0.6) is 5.75 Å². The Labute approximate surface area is 612 Å². The first-order valence-electron chi connectivity index (χ1n) is 33.8. The molecule has 0 aliphatic carbocycles. The third-order valence-corrected chi connectivity index (χ3v) is 17.0. The van der Waals surface area contributed by atoms with Gasteiger partial charge in [0.2, 0.25) is 70.9 Å². The predicted molar refractivity (Wildman–Crippen MR) is 378 cm³/mol. The Kier molecular flexibility index (Phi) is 38.6. The van der Waals surface area contributed by atoms with Gasteiger partial charge >= 0.3 is 23.9 Å². The number of phenolic OH excluding ortho intramolecular Hbond substituents is 1. The number of nitrogens with two attached hydrogens (primary N) is 4. The van der Waals surface area contributed by atoms with Crippen molar-refractivity contribution in [2.75, 3.05) is 31.7 Å². The number of unbranched alkanes of at least 4 members (excludes halogenated alkanes) is 2. The molecule has 27 N–H and O–H groups in total. The van der Waals surface area contributed by atoms with Gasteiger partial charge in [-0.25, -0.2) is 4.79 Å². The molecule has 0 aliphatic heterocycles. The van der Waals surface area contributed by atoms with Crippen molar-refractivity contribution in [2.45, 2.75) is 189 Å². The van der Waals surface area contributed by atoms with Crippen LogP contribution in [0.3, 0.4) is 0 Å². The minimum atomic E-state index is -2.16. The summed E-state index contributed by atoms with van der Waals surface area (Å²) < 4.78 is 0. The van der Waals surface area contributed by atoms with E-state index in [0.29, 0.717) is 41.4 Å². The zero-order valence-corrected chi connectivity index (χ0v) is 59.7. The molecule has 0 saturated carbocycles. The van der Waals surface area contributed by atoms with Gasteiger partial charge in [0.15, 0.2) is 0 Å². The first-order chi connectivity index (χ1) is 50.0. The summed E-state index contributed by atoms with van der Waals surface area (Å²) in [7, 11) is 0. The van der Waals surface area contributed by atoms with E-state index >= 15 is 0 Å². The van der Waals surface area contributed by atoms with E-state index in [9.17, 15) is 112 Å². The van der Waals surface area contributed by atoms with Crippen molar-refractivity contribution in [3.8, 4) is 5.75 Å². The lowest BCUT2D eigenvalue weighted by molar-refractivity contribution is -0.143. The smallest absolute Gasteiger partial charge is 0.326 e. The second-order valence-electron chi connectivity index (χ2n) is 25.2. The molecule has 39 nitrogen and oxygen atoms in total. The molecular weight excluding hydrogens is 1420 g/mol. The summed E-state index contributed by atoms with van der Waals surface area (Å²) in [6, 6.07) is -8.69. The summed E-state index contributed by atoms with van der Waals surface area (Å²) in [6.45, 7) is 2.79. The largest absolute Gasteiger partial charge is 0.508 e. The number of carboxylic acids is 4. The van der Waals surface area contributed by atoms with E-state index in [-0.39, 0.29) is 63.0 Å². The number of para-hydroxylation sites is 1. The number of aromatic nitrogens is 1. The van der Waals surface area contributed by atoms with Crippen molar-refractivity contribution in [3.63, 3.8) is 0 Å². The van der Waals surface area contributed by atoms with Crippen LogP contribution in [-0.2, 0) is 89.6 Å². The maximum absolute atomic E-state index is 14.4. The fraction of sp³-hybridized carbons (Fsp3) is 0.545. The maximum atomic E-state index is 14.4. The Bertz CT molecular complexity index is 3540. The molecule has 2 aromatic carbocycles. The highest BCUT2D eigenvalue weighted by Crippen LogP contribution is 2.20. The van der Waals surface area contributed by atoms with Crippen molar-refractivity contribution < 1.29 is 112 Å². The van der Waals surface area contributed by atoms with Crippen LogP contribution in [0.2, 0.25) is 0 Å². The first kappa shape index (κ1) is 89.7. The first-order valence-corrected chi connectivity index (χ1v) is 35.2. The number of aromatic amines is 1. The number of nitrogens with one attached hydrogen (secondary N) is 12. The Morgan fingerprint density at radius 3 is 1.38 bits per heavy atom. The molecule has 3 aromatic rings. The number of hydrogen-bond acceptors (Lipinski definition) is 23. The van der Waals surface area contributed by atoms with Crippen molar-refractivity contribution in [1.82, 2.24) is 63.5 Å². The second kappa shape index (κ2) is 45.6. The van der Waals surface area contributed by atoms with Crippen LogP contribution < -0.4 is 81.4 Å². The average molecular weight is 1520 g/mol. The normalized spacial score (nSPS) is 14.8. The molecule has 586 valence electrons. The molecule has 0 aliphatic rings. The minimum absolute atomic E-state index is 0.0897. The molecule has 13 atom stereocenters. The quantitative estimate of drug-likeness (QED) is 0.0234. The lowest BCUT2D eigenvalue weighted by Crippen LogP contribution is -2.63. The molecule has 0 fully saturated rings. The van der Waals surface area contributed by atoms with Crippen molar-refractivity contribution >= 4 is 117 Å². The molecule has 0 saturated heterocycles. The number of aliphatic carboxylic acids is 4. The molecule has 1 heterocycles. The monoisotopic (exact) mass is 1510 g/mol. The summed E-state index contributed by atoms with van der Waals surface area (Å²) in [5.41, 5.74) is 24.2. The van der Waals surface area contributed by atoms with Gasteiger partial charge in [-0.3, -0.25) is 71.9 Å². The van der Waals surface area contributed by atoms with Crippen LogP contribution in [0, 0.1) is 5.92 Å². The van der Waals surface area contributed by atoms with E-state index in [2.05, 4.69) is 52.8 Å². The highest BCUT2D eigenvalue weighted by molar-refractivity contribution is 7.98. The number of amides is 12. The zero-order valence-electron chi connectivity index (χ0n) is 58.9. The van der Waals surface area contributed by atoms with Gasteiger partial charge in [-0.2, -0.15) is 11.8 Å². The van der Waals surface area contributed by atoms with Crippen molar-refractivity contribution in [1.29, 1.82) is 0 Å². The lowest BCUT2D eigenvalue weighted by Gasteiger charge is -2.29. The van der Waals surface area contributed by atoms with Crippen molar-refractivity contribution in [3.05, 3.63) is 65.9 Å². The molecule has 1 aromatic heterocycles. The lowest BCUT2D eigenvalue weighted by atomic mass is 10.0. The van der Waals surface area contributed by atoms with Gasteiger partial charge in [0.1, 0.15) is 72.2 Å². The van der Waals surface area contributed by atoms with E-state index in [0.717, 1.165) is 6.92 Å². The molecule has 12 amide bonds. The fourth-order valence-corrected chi connectivity index (χ4v) is 11.0. The SMILES string of the molecule is CSCC[C@H](NC(=O)[C@H](CCCCN)NC(=O)[C@H](CC(=O)O)NC(=O)[C@H](CCC(N)=O)NC(=O)[C@H](CO)NC(=O)[C@@H](NC(=O)[C@H](CC(=O)O)NC(=O)[C@@H](NC(=O)[C@H](CC(=O)O)NC(=O)[C@@H](N)CCCCN)C(C)C)[C@@H](C)O)C(=O)N[C@@H](Cc1ccc(O)cc1)C(=O)N[C@@H](Cc1c[nH]c2ccccc12)C(=O)O. The molecular formula is C66H98N16O23S. The van der Waals surface area contributed by atoms with E-state index in [1.54, 1.807) is 36.7 Å². The van der Waals surface area contributed by atoms with E-state index < -0.39 is 218 Å². The highest BCUT2D eigenvalue weighted by Gasteiger charge is 2.39. The predicted octanol–water partition coefficient (Wildman–Crippen LogP) is -5.87. The number of aliphatic hydroxyl groups excluding tert-OH is 2. The number of primary amides is 1. The van der Waals surface area contributed by atoms with E-state index in [1.807, 2.05) is 10.6 Å². The number of H-pyrrole nitrogens is 1. The molecule has 0 radical (unpaired) electrons. The summed E-state index contributed by atoms with van der Waals surface area (Å²) in [4.78, 5) is 217. The zero-order chi connectivity index (χ0) is 79.5. The molecule has 0 spiro atoms. The van der Waals surface area contributed by atoms with Gasteiger partial charge in [0.05, 0.1) is 38.0 Å². The van der Waals surface area contributed by atoms with E-state index in [4.69, 9.17) is 22.9 Å². The van der Waals surface area contributed by atoms with Crippen LogP contribution in [0.15, 0.2) is 54.7 Å². The van der Waals surface area contributed by atoms with Crippen LogP contribution in [0.25, 0.3) is 10.9 Å². The van der Waals surface area contributed by atoms with Gasteiger partial charge in [-0.15, -0.1) is 0 Å². The number of carboxylic acid groups (broad SMARTS) is 4. The molecule has 106 heavy (non-hydrogen) atoms. The molecule has 3 rings (SSSR count). The number of aliphatic hydroxyl groups is 2. The third-order valence-electron chi connectivity index (χ3n) is 16.3. The summed E-state index contributed by atoms with van der Waals surface area (Å²) in [6.07, 6.45) is -2.80. The molecule has 0 unspecified atom stereocenters. The number of aromatic hydroxyl groups is 1. The standard InChI is InChI=1S/C66H98N16O23S/c1-32(2)53(81-61(99)45(28-51(89)90)75-55(93)38(69)12-7-9-22-67)64(102)78-46(29-52(91)92)62(100)82-54(33(3)84)65(103)80-48(31-83)63(101)73-41(19-20-49(70)86)57(95)77-44(27-50(87)88)60(98)72-40(14-8-10-23-68)56(94)74-42(21-24-106-4)58(96)76-43(25-34-15-17-36(85)18-16-34)59(97)79-47(66(104)105)26-35-30-71-39-13-6-5-11-37(35)39/h5-6,11,13,15-18,30,32-33,38,40-48,53-54,71,83-85H,7-10,12,14,19-29,31,67-69H2,1-4H3,(H2,70,86)(H,72,98)(H,73,101)(H,74,94)(H,75,93)(H,76,96)(H,77,95)(H,78,102)(H,79,97)(H,80,103)(H,81,99)(H,82,100)(H,87,88)(H,89,90)(H,91,92)(H,104,105)/t33-,38+,40+,41+,42+,43+,44+,45+,46+,47+,48+,53+,54+/m1/s1. The molecule has 40 heteroatoms. The summed E-state index contributed by atoms with van der Waals surface area (Å²) >= 11 is 1.26. The number of fused-ring (bicyclic) bond motifs is 1. The average Bonchev–Trinajstić information content (AvgIpc) is 1.59. The van der Waals surface area contributed by atoms with Gasteiger partial charge in [0, 0.05) is 36.4 Å². The summed E-state index contributed by atoms with van der Waals surface area (Å²) in [5, 5.41) is 96.4. The topological polar surface area (TPSA) is 667 Å². The van der Waals surface area contributed by atoms with Crippen LogP contribution in [0.1, 0.15) is 109 Å². The Balaban J connectivity index is 1.88.